The quantitative estimate of drug-likeness (QED) is 0.893. The number of aromatic carboxylic acids is 1. The summed E-state index contributed by atoms with van der Waals surface area (Å²) in [6.07, 6.45) is 2.27. The van der Waals surface area contributed by atoms with Gasteiger partial charge in [0.1, 0.15) is 5.82 Å². The third kappa shape index (κ3) is 3.67. The van der Waals surface area contributed by atoms with Gasteiger partial charge in [-0.15, -0.1) is 0 Å². The molecule has 1 N–H and O–H groups in total. The van der Waals surface area contributed by atoms with E-state index in [2.05, 4.69) is 28.9 Å². The predicted molar refractivity (Wildman–Crippen MR) is 74.7 cm³/mol. The van der Waals surface area contributed by atoms with Crippen molar-refractivity contribution in [3.05, 3.63) is 23.9 Å². The van der Waals surface area contributed by atoms with Crippen molar-refractivity contribution in [1.29, 1.82) is 0 Å². The number of hydrogen-bond donors (Lipinski definition) is 1. The molecule has 0 atom stereocenters. The molecule has 104 valence electrons. The number of hydrogen-bond acceptors (Lipinski definition) is 4. The van der Waals surface area contributed by atoms with Crippen LogP contribution in [0.5, 0.6) is 0 Å². The number of carbonyl (C=O) groups is 1. The third-order valence-electron chi connectivity index (χ3n) is 3.52. The molecule has 0 spiro atoms. The Balaban J connectivity index is 1.97. The maximum Gasteiger partial charge on any atom is 0.354 e. The molecule has 1 fully saturated rings. The van der Waals surface area contributed by atoms with Crippen molar-refractivity contribution in [3.63, 3.8) is 0 Å². The molecule has 5 nitrogen and oxygen atoms in total. The summed E-state index contributed by atoms with van der Waals surface area (Å²) in [4.78, 5) is 19.5. The van der Waals surface area contributed by atoms with Crippen molar-refractivity contribution in [2.75, 3.05) is 38.6 Å². The number of piperidine rings is 1. The van der Waals surface area contributed by atoms with Crippen LogP contribution in [0.15, 0.2) is 18.2 Å². The van der Waals surface area contributed by atoms with E-state index < -0.39 is 5.97 Å². The highest BCUT2D eigenvalue weighted by Crippen LogP contribution is 2.22. The number of rotatable bonds is 4. The summed E-state index contributed by atoms with van der Waals surface area (Å²) >= 11 is 0. The Bertz CT molecular complexity index is 440. The molecule has 5 heteroatoms. The molecular weight excluding hydrogens is 242 g/mol. The summed E-state index contributed by atoms with van der Waals surface area (Å²) in [5.74, 6) is 0.543. The molecule has 0 saturated carbocycles. The maximum atomic E-state index is 10.9. The van der Waals surface area contributed by atoms with Gasteiger partial charge in [-0.1, -0.05) is 6.07 Å². The van der Waals surface area contributed by atoms with E-state index in [4.69, 9.17) is 5.11 Å². The number of anilines is 1. The summed E-state index contributed by atoms with van der Waals surface area (Å²) in [7, 11) is 4.20. The first-order chi connectivity index (χ1) is 9.06. The lowest BCUT2D eigenvalue weighted by molar-refractivity contribution is 0.0690. The highest BCUT2D eigenvalue weighted by molar-refractivity contribution is 5.85. The smallest absolute Gasteiger partial charge is 0.354 e. The van der Waals surface area contributed by atoms with E-state index in [-0.39, 0.29) is 5.69 Å². The van der Waals surface area contributed by atoms with E-state index in [0.29, 0.717) is 0 Å². The molecule has 0 radical (unpaired) electrons. The van der Waals surface area contributed by atoms with Crippen LogP contribution < -0.4 is 4.90 Å². The number of aromatic nitrogens is 1. The Morgan fingerprint density at radius 2 is 2.11 bits per heavy atom. The van der Waals surface area contributed by atoms with Crippen molar-refractivity contribution in [3.8, 4) is 0 Å². The lowest BCUT2D eigenvalue weighted by atomic mass is 9.96. The lowest BCUT2D eigenvalue weighted by Gasteiger charge is -2.34. The highest BCUT2D eigenvalue weighted by Gasteiger charge is 2.21. The molecule has 0 amide bonds. The normalized spacial score (nSPS) is 16.9. The second-order valence-electron chi connectivity index (χ2n) is 5.38. The van der Waals surface area contributed by atoms with Crippen LogP contribution in [0.25, 0.3) is 0 Å². The van der Waals surface area contributed by atoms with E-state index in [0.717, 1.165) is 44.2 Å². The first kappa shape index (κ1) is 13.8. The average Bonchev–Trinajstić information content (AvgIpc) is 2.39. The molecule has 0 aromatic carbocycles. The number of carboxylic acid groups (broad SMARTS) is 1. The summed E-state index contributed by atoms with van der Waals surface area (Å²) in [5, 5.41) is 8.96. The molecule has 1 aliphatic heterocycles. The van der Waals surface area contributed by atoms with Gasteiger partial charge in [-0.2, -0.15) is 0 Å². The van der Waals surface area contributed by atoms with Gasteiger partial charge in [0.05, 0.1) is 0 Å². The Morgan fingerprint density at radius 3 is 2.68 bits per heavy atom. The minimum absolute atomic E-state index is 0.118. The summed E-state index contributed by atoms with van der Waals surface area (Å²) < 4.78 is 0. The monoisotopic (exact) mass is 263 g/mol. The second-order valence-corrected chi connectivity index (χ2v) is 5.38. The third-order valence-corrected chi connectivity index (χ3v) is 3.52. The van der Waals surface area contributed by atoms with Gasteiger partial charge in [0.2, 0.25) is 0 Å². The zero-order chi connectivity index (χ0) is 13.8. The molecule has 0 aliphatic carbocycles. The van der Waals surface area contributed by atoms with Crippen LogP contribution in [0.2, 0.25) is 0 Å². The zero-order valence-electron chi connectivity index (χ0n) is 11.5. The van der Waals surface area contributed by atoms with E-state index in [1.807, 2.05) is 6.07 Å². The van der Waals surface area contributed by atoms with Crippen molar-refractivity contribution >= 4 is 11.8 Å². The van der Waals surface area contributed by atoms with Crippen molar-refractivity contribution < 1.29 is 9.90 Å². The molecule has 0 unspecified atom stereocenters. The van der Waals surface area contributed by atoms with Crippen LogP contribution in [-0.4, -0.2) is 54.7 Å². The molecular formula is C14H21N3O2. The fourth-order valence-corrected chi connectivity index (χ4v) is 2.58. The molecule has 1 saturated heterocycles. The van der Waals surface area contributed by atoms with Crippen LogP contribution in [-0.2, 0) is 0 Å². The minimum atomic E-state index is -0.968. The molecule has 2 rings (SSSR count). The van der Waals surface area contributed by atoms with Crippen LogP contribution >= 0.6 is 0 Å². The van der Waals surface area contributed by atoms with Crippen molar-refractivity contribution in [2.45, 2.75) is 12.8 Å². The molecule has 19 heavy (non-hydrogen) atoms. The zero-order valence-corrected chi connectivity index (χ0v) is 11.5. The van der Waals surface area contributed by atoms with Gasteiger partial charge >= 0.3 is 5.97 Å². The van der Waals surface area contributed by atoms with E-state index in [9.17, 15) is 4.79 Å². The van der Waals surface area contributed by atoms with Crippen LogP contribution in [0.1, 0.15) is 23.3 Å². The van der Waals surface area contributed by atoms with Crippen LogP contribution in [0.3, 0.4) is 0 Å². The van der Waals surface area contributed by atoms with E-state index >= 15 is 0 Å². The van der Waals surface area contributed by atoms with Gasteiger partial charge in [0.25, 0.3) is 0 Å². The predicted octanol–water partition coefficient (Wildman–Crippen LogP) is 1.56. The summed E-state index contributed by atoms with van der Waals surface area (Å²) in [6, 6.07) is 5.18. The Kier molecular flexibility index (Phi) is 4.37. The largest absolute Gasteiger partial charge is 0.477 e. The fraction of sp³-hybridized carbons (Fsp3) is 0.571. The first-order valence-electron chi connectivity index (χ1n) is 6.66. The second kappa shape index (κ2) is 6.02. The highest BCUT2D eigenvalue weighted by atomic mass is 16.4. The first-order valence-corrected chi connectivity index (χ1v) is 6.66. The Hall–Kier alpha value is -1.62. The van der Waals surface area contributed by atoms with Crippen LogP contribution in [0.4, 0.5) is 5.82 Å². The molecule has 1 aromatic heterocycles. The fourth-order valence-electron chi connectivity index (χ4n) is 2.58. The van der Waals surface area contributed by atoms with Gasteiger partial charge in [0, 0.05) is 19.6 Å². The van der Waals surface area contributed by atoms with Crippen molar-refractivity contribution in [2.24, 2.45) is 5.92 Å². The average molecular weight is 263 g/mol. The van der Waals surface area contributed by atoms with E-state index in [1.165, 1.54) is 6.07 Å². The maximum absolute atomic E-state index is 10.9. The van der Waals surface area contributed by atoms with E-state index in [1.54, 1.807) is 6.07 Å². The lowest BCUT2D eigenvalue weighted by Crippen LogP contribution is -2.37. The topological polar surface area (TPSA) is 56.7 Å². The van der Waals surface area contributed by atoms with Crippen molar-refractivity contribution in [1.82, 2.24) is 9.88 Å². The minimum Gasteiger partial charge on any atom is -0.477 e. The molecule has 2 heterocycles. The van der Waals surface area contributed by atoms with Gasteiger partial charge in [-0.25, -0.2) is 9.78 Å². The van der Waals surface area contributed by atoms with Crippen LogP contribution in [0, 0.1) is 5.92 Å². The molecule has 1 aromatic rings. The van der Waals surface area contributed by atoms with Gasteiger partial charge in [0.15, 0.2) is 5.69 Å². The standard InChI is InChI=1S/C14H21N3O2/c1-16(2)10-11-6-8-17(9-7-11)13-5-3-4-12(15-13)14(18)19/h3-5,11H,6-10H2,1-2H3,(H,18,19). The molecule has 1 aliphatic rings. The number of nitrogens with zero attached hydrogens (tertiary/aromatic N) is 3. The number of pyridine rings is 1. The number of carboxylic acids is 1. The van der Waals surface area contributed by atoms with Gasteiger partial charge in [-0.3, -0.25) is 0 Å². The summed E-state index contributed by atoms with van der Waals surface area (Å²) in [5.41, 5.74) is 0.118. The van der Waals surface area contributed by atoms with Gasteiger partial charge < -0.3 is 14.9 Å². The Morgan fingerprint density at radius 1 is 1.42 bits per heavy atom. The summed E-state index contributed by atoms with van der Waals surface area (Å²) in [6.45, 7) is 3.03. The SMILES string of the molecule is CN(C)CC1CCN(c2cccc(C(=O)O)n2)CC1. The molecule has 0 bridgehead atoms. The Labute approximate surface area is 113 Å². The van der Waals surface area contributed by atoms with Gasteiger partial charge in [-0.05, 0) is 45.0 Å².